The molecule has 1 saturated carbocycles. The molecular formula is C23H35N3O7SSi. The molecule has 0 saturated heterocycles. The normalized spacial score (nSPS) is 19.8. The van der Waals surface area contributed by atoms with Crippen LogP contribution < -0.4 is 15.4 Å². The molecule has 0 spiro atoms. The number of amides is 3. The van der Waals surface area contributed by atoms with Gasteiger partial charge in [0.05, 0.1) is 12.3 Å². The van der Waals surface area contributed by atoms with Gasteiger partial charge in [-0.05, 0) is 45.4 Å². The molecule has 0 unspecified atom stereocenters. The zero-order chi connectivity index (χ0) is 26.7. The van der Waals surface area contributed by atoms with Gasteiger partial charge in [-0.15, -0.1) is 6.58 Å². The predicted molar refractivity (Wildman–Crippen MR) is 135 cm³/mol. The van der Waals surface area contributed by atoms with E-state index < -0.39 is 53.2 Å². The molecule has 0 aromatic heterocycles. The lowest BCUT2D eigenvalue weighted by atomic mass is 10.2. The van der Waals surface area contributed by atoms with Crippen LogP contribution in [0.5, 0.6) is 0 Å². The van der Waals surface area contributed by atoms with Gasteiger partial charge in [0, 0.05) is 14.0 Å². The van der Waals surface area contributed by atoms with Crippen molar-refractivity contribution in [2.45, 2.75) is 68.9 Å². The average molecular weight is 526 g/mol. The van der Waals surface area contributed by atoms with E-state index in [2.05, 4.69) is 36.9 Å². The minimum Gasteiger partial charge on any atom is -0.450 e. The van der Waals surface area contributed by atoms with Gasteiger partial charge in [-0.2, -0.15) is 0 Å². The Morgan fingerprint density at radius 1 is 1.17 bits per heavy atom. The summed E-state index contributed by atoms with van der Waals surface area (Å²) in [6, 6.07) is 6.39. The number of anilines is 1. The Hall–Kier alpha value is -2.86. The third kappa shape index (κ3) is 8.10. The van der Waals surface area contributed by atoms with Crippen molar-refractivity contribution in [3.8, 4) is 0 Å². The van der Waals surface area contributed by atoms with Crippen LogP contribution in [0.4, 0.5) is 15.3 Å². The molecule has 10 nitrogen and oxygen atoms in total. The molecule has 0 bridgehead atoms. The van der Waals surface area contributed by atoms with Crippen LogP contribution in [0.15, 0.2) is 41.8 Å². The Bertz CT molecular complexity index is 1090. The van der Waals surface area contributed by atoms with E-state index >= 15 is 0 Å². The topological polar surface area (TPSA) is 140 Å². The van der Waals surface area contributed by atoms with E-state index in [1.54, 1.807) is 26.8 Å². The summed E-state index contributed by atoms with van der Waals surface area (Å²) in [6.07, 6.45) is -0.0117. The Balaban J connectivity index is 2.16. The molecule has 1 aromatic rings. The Labute approximate surface area is 207 Å². The summed E-state index contributed by atoms with van der Waals surface area (Å²) in [4.78, 5) is 37.2. The highest BCUT2D eigenvalue weighted by atomic mass is 32.2. The minimum absolute atomic E-state index is 0.0453. The van der Waals surface area contributed by atoms with Crippen LogP contribution in [0.25, 0.3) is 0 Å². The van der Waals surface area contributed by atoms with Gasteiger partial charge in [0.1, 0.15) is 16.0 Å². The molecule has 0 heterocycles. The first kappa shape index (κ1) is 28.4. The van der Waals surface area contributed by atoms with Gasteiger partial charge in [-0.3, -0.25) is 10.1 Å². The molecule has 2 rings (SSSR count). The van der Waals surface area contributed by atoms with Gasteiger partial charge in [0.25, 0.3) is 15.9 Å². The zero-order valence-corrected chi connectivity index (χ0v) is 22.9. The molecule has 1 fully saturated rings. The summed E-state index contributed by atoms with van der Waals surface area (Å²) in [5, 5.41) is 4.91. The molecule has 12 heteroatoms. The van der Waals surface area contributed by atoms with Crippen molar-refractivity contribution in [2.75, 3.05) is 11.9 Å². The number of carbonyl (C=O) groups excluding carboxylic acids is 3. The highest BCUT2D eigenvalue weighted by molar-refractivity contribution is 7.90. The molecule has 3 amide bonds. The molecule has 3 N–H and O–H groups in total. The van der Waals surface area contributed by atoms with E-state index in [0.717, 1.165) is 6.04 Å². The molecule has 0 aliphatic heterocycles. The lowest BCUT2D eigenvalue weighted by Crippen LogP contribution is -2.52. The number of para-hydroxylation sites is 1. The van der Waals surface area contributed by atoms with Gasteiger partial charge < -0.3 is 14.8 Å². The van der Waals surface area contributed by atoms with Crippen molar-refractivity contribution in [3.63, 3.8) is 0 Å². The summed E-state index contributed by atoms with van der Waals surface area (Å²) < 4.78 is 38.6. The fourth-order valence-electron chi connectivity index (χ4n) is 3.19. The Kier molecular flexibility index (Phi) is 8.43. The van der Waals surface area contributed by atoms with Crippen molar-refractivity contribution in [3.05, 3.63) is 36.9 Å². The summed E-state index contributed by atoms with van der Waals surface area (Å²) in [5.74, 6) is -1.40. The highest BCUT2D eigenvalue weighted by Gasteiger charge is 2.61. The van der Waals surface area contributed by atoms with Gasteiger partial charge in [0.15, 0.2) is 0 Å². The lowest BCUT2D eigenvalue weighted by Gasteiger charge is -2.23. The fourth-order valence-corrected chi connectivity index (χ4v) is 5.10. The fraction of sp³-hybridized carbons (Fsp3) is 0.522. The molecular weight excluding hydrogens is 490 g/mol. The van der Waals surface area contributed by atoms with Crippen LogP contribution in [-0.4, -0.2) is 52.3 Å². The van der Waals surface area contributed by atoms with Crippen LogP contribution in [0, 0.1) is 5.92 Å². The zero-order valence-electron chi connectivity index (χ0n) is 21.1. The van der Waals surface area contributed by atoms with E-state index in [1.165, 1.54) is 24.3 Å². The van der Waals surface area contributed by atoms with Crippen LogP contribution in [0.3, 0.4) is 0 Å². The van der Waals surface area contributed by atoms with E-state index in [4.69, 9.17) is 9.47 Å². The summed E-state index contributed by atoms with van der Waals surface area (Å²) >= 11 is 0. The maximum absolute atomic E-state index is 13.1. The van der Waals surface area contributed by atoms with Crippen LogP contribution >= 0.6 is 0 Å². The SMILES string of the molecule is C=C[C@@H]1C[C@]1(NC(=O)OC(C)(C)C)C(=O)NS(=O)(=O)c1ccccc1NC(=O)OCC[Si](C)(C)C. The number of carbonyl (C=O) groups is 3. The Morgan fingerprint density at radius 2 is 1.80 bits per heavy atom. The number of ether oxygens (including phenoxy) is 2. The standard InChI is InChI=1S/C23H35N3O7SSi/c1-8-16-15-23(16,25-21(29)33-22(2,3)4)19(27)26-34(30,31)18-12-10-9-11-17(18)24-20(28)32-13-14-35(5,6)7/h8-12,16H,1,13-15H2,2-7H3,(H,24,28)(H,25,29)(H,26,27)/t16-,23-/m1/s1. The van der Waals surface area contributed by atoms with Crippen molar-refractivity contribution in [2.24, 2.45) is 5.92 Å². The molecule has 194 valence electrons. The molecule has 0 radical (unpaired) electrons. The number of hydrogen-bond donors (Lipinski definition) is 3. The van der Waals surface area contributed by atoms with Gasteiger partial charge in [-0.25, -0.2) is 22.7 Å². The van der Waals surface area contributed by atoms with Crippen LogP contribution in [0.1, 0.15) is 27.2 Å². The third-order valence-electron chi connectivity index (χ3n) is 5.15. The second-order valence-corrected chi connectivity index (χ2v) is 17.9. The van der Waals surface area contributed by atoms with Crippen LogP contribution in [0.2, 0.25) is 25.7 Å². The number of alkyl carbamates (subject to hydrolysis) is 1. The highest BCUT2D eigenvalue weighted by Crippen LogP contribution is 2.45. The van der Waals surface area contributed by atoms with Gasteiger partial charge >= 0.3 is 12.2 Å². The van der Waals surface area contributed by atoms with Crippen molar-refractivity contribution >= 4 is 41.9 Å². The first-order valence-electron chi connectivity index (χ1n) is 11.2. The quantitative estimate of drug-likeness (QED) is 0.329. The lowest BCUT2D eigenvalue weighted by molar-refractivity contribution is -0.122. The third-order valence-corrected chi connectivity index (χ3v) is 8.25. The maximum Gasteiger partial charge on any atom is 0.411 e. The predicted octanol–water partition coefficient (Wildman–Crippen LogP) is 3.85. The number of rotatable bonds is 9. The smallest absolute Gasteiger partial charge is 0.411 e. The minimum atomic E-state index is -4.41. The number of benzene rings is 1. The molecule has 1 aliphatic rings. The largest absolute Gasteiger partial charge is 0.450 e. The summed E-state index contributed by atoms with van der Waals surface area (Å²) in [5.41, 5.74) is -2.35. The number of hydrogen-bond acceptors (Lipinski definition) is 7. The maximum atomic E-state index is 13.1. The number of sulfonamides is 1. The van der Waals surface area contributed by atoms with E-state index in [-0.39, 0.29) is 23.6 Å². The monoisotopic (exact) mass is 525 g/mol. The van der Waals surface area contributed by atoms with Gasteiger partial charge in [0.2, 0.25) is 0 Å². The van der Waals surface area contributed by atoms with E-state index in [0.29, 0.717) is 0 Å². The van der Waals surface area contributed by atoms with Crippen molar-refractivity contribution in [1.82, 2.24) is 10.0 Å². The first-order valence-corrected chi connectivity index (χ1v) is 16.4. The molecule has 1 aromatic carbocycles. The Morgan fingerprint density at radius 3 is 2.34 bits per heavy atom. The van der Waals surface area contributed by atoms with Crippen LogP contribution in [-0.2, 0) is 24.3 Å². The number of nitrogens with one attached hydrogen (secondary N) is 3. The van der Waals surface area contributed by atoms with E-state index in [9.17, 15) is 22.8 Å². The summed E-state index contributed by atoms with van der Waals surface area (Å²) in [7, 11) is -5.83. The average Bonchev–Trinajstić information content (AvgIpc) is 3.39. The molecule has 1 aliphatic carbocycles. The first-order chi connectivity index (χ1) is 16.0. The second-order valence-electron chi connectivity index (χ2n) is 10.6. The van der Waals surface area contributed by atoms with E-state index in [1.807, 2.05) is 4.72 Å². The summed E-state index contributed by atoms with van der Waals surface area (Å²) in [6.45, 7) is 15.3. The van der Waals surface area contributed by atoms with Crippen molar-refractivity contribution in [1.29, 1.82) is 0 Å². The molecule has 2 atom stereocenters. The second kappa shape index (κ2) is 10.4. The van der Waals surface area contributed by atoms with Gasteiger partial charge in [-0.1, -0.05) is 37.8 Å². The van der Waals surface area contributed by atoms with Crippen molar-refractivity contribution < 1.29 is 32.3 Å². The molecule has 35 heavy (non-hydrogen) atoms.